The largest absolute Gasteiger partial charge is 0.482 e. The highest BCUT2D eigenvalue weighted by atomic mass is 16.6. The number of nitrogens with zero attached hydrogens (tertiary/aromatic N) is 1. The van der Waals surface area contributed by atoms with Crippen LogP contribution in [0.25, 0.3) is 0 Å². The number of carboxylic acids is 2. The number of carboxylic acid groups (broad SMARTS) is 2. The van der Waals surface area contributed by atoms with Crippen molar-refractivity contribution in [2.75, 3.05) is 13.2 Å². The lowest BCUT2D eigenvalue weighted by Gasteiger charge is -2.22. The van der Waals surface area contributed by atoms with E-state index in [0.717, 1.165) is 6.07 Å². The minimum atomic E-state index is -1.93. The van der Waals surface area contributed by atoms with Crippen LogP contribution in [-0.4, -0.2) is 64.5 Å². The van der Waals surface area contributed by atoms with Crippen molar-refractivity contribution < 1.29 is 48.5 Å². The molecule has 1 amide bonds. The van der Waals surface area contributed by atoms with E-state index >= 15 is 0 Å². The summed E-state index contributed by atoms with van der Waals surface area (Å²) in [7, 11) is 0. The number of amides is 1. The lowest BCUT2D eigenvalue weighted by Crippen LogP contribution is -2.44. The Morgan fingerprint density at radius 1 is 1.08 bits per heavy atom. The molecule has 0 fully saturated rings. The second kappa shape index (κ2) is 14.0. The van der Waals surface area contributed by atoms with Crippen molar-refractivity contribution >= 4 is 29.7 Å². The van der Waals surface area contributed by atoms with Crippen LogP contribution in [-0.2, 0) is 30.3 Å². The highest BCUT2D eigenvalue weighted by Gasteiger charge is 2.37. The molecule has 0 heterocycles. The molecule has 0 radical (unpaired) electrons. The first kappa shape index (κ1) is 31.1. The summed E-state index contributed by atoms with van der Waals surface area (Å²) in [5, 5.41) is 32.8. The fourth-order valence-corrected chi connectivity index (χ4v) is 3.23. The molecule has 0 unspecified atom stereocenters. The van der Waals surface area contributed by atoms with Crippen LogP contribution < -0.4 is 10.1 Å². The van der Waals surface area contributed by atoms with Crippen molar-refractivity contribution in [3.05, 3.63) is 33.9 Å². The van der Waals surface area contributed by atoms with Gasteiger partial charge >= 0.3 is 29.7 Å². The first-order valence-corrected chi connectivity index (χ1v) is 11.7. The van der Waals surface area contributed by atoms with Gasteiger partial charge in [-0.1, -0.05) is 40.2 Å². The number of esters is 1. The molecular weight excluding hydrogens is 492 g/mol. The topological polar surface area (TPSA) is 192 Å². The van der Waals surface area contributed by atoms with Crippen LogP contribution in [0.2, 0.25) is 0 Å². The molecule has 0 aromatic heterocycles. The highest BCUT2D eigenvalue weighted by molar-refractivity contribution is 5.93. The van der Waals surface area contributed by atoms with Crippen LogP contribution >= 0.6 is 0 Å². The van der Waals surface area contributed by atoms with E-state index in [1.54, 1.807) is 13.8 Å². The van der Waals surface area contributed by atoms with Crippen LogP contribution in [0.15, 0.2) is 18.2 Å². The summed E-state index contributed by atoms with van der Waals surface area (Å²) >= 11 is 0. The lowest BCUT2D eigenvalue weighted by atomic mass is 9.98. The van der Waals surface area contributed by atoms with Crippen LogP contribution in [0, 0.1) is 21.4 Å². The summed E-state index contributed by atoms with van der Waals surface area (Å²) in [5.74, 6) is -6.30. The third-order valence-electron chi connectivity index (χ3n) is 4.91. The SMILES string of the molecule is CCC[C@@H](Oc1ccc(C[C@H](NC(=O)OCC(C)(C)C)C(=O)OCC)cc1[N+](=O)[O-])C(C(=O)O)C(=O)O. The average Bonchev–Trinajstić information content (AvgIpc) is 2.77. The lowest BCUT2D eigenvalue weighted by molar-refractivity contribution is -0.386. The standard InChI is InChI=1S/C24H34N2O11/c1-6-8-18(19(20(27)28)21(29)30)37-17-10-9-14(12-16(17)26(33)34)11-15(22(31)35-7-2)25-23(32)36-13-24(3,4)5/h9-10,12,15,18-19H,6-8,11,13H2,1-5H3,(H,25,32)(H,27,28)(H,29,30)/t15-,18+/m0/s1. The predicted molar refractivity (Wildman–Crippen MR) is 129 cm³/mol. The molecule has 0 aliphatic rings. The summed E-state index contributed by atoms with van der Waals surface area (Å²) in [4.78, 5) is 58.5. The Morgan fingerprint density at radius 3 is 2.19 bits per heavy atom. The van der Waals surface area contributed by atoms with Gasteiger partial charge in [0.2, 0.25) is 0 Å². The van der Waals surface area contributed by atoms with Gasteiger partial charge in [0.05, 0.1) is 18.1 Å². The molecule has 2 atom stereocenters. The van der Waals surface area contributed by atoms with Gasteiger partial charge in [0, 0.05) is 12.5 Å². The number of benzene rings is 1. The Bertz CT molecular complexity index is 973. The number of nitro benzene ring substituents is 1. The van der Waals surface area contributed by atoms with E-state index < -0.39 is 52.7 Å². The van der Waals surface area contributed by atoms with Crippen molar-refractivity contribution in [2.24, 2.45) is 11.3 Å². The van der Waals surface area contributed by atoms with Crippen molar-refractivity contribution in [3.63, 3.8) is 0 Å². The molecular formula is C24H34N2O11. The van der Waals surface area contributed by atoms with Gasteiger partial charge in [-0.15, -0.1) is 0 Å². The molecule has 1 rings (SSSR count). The van der Waals surface area contributed by atoms with Gasteiger partial charge < -0.3 is 29.7 Å². The molecule has 0 saturated heterocycles. The van der Waals surface area contributed by atoms with Gasteiger partial charge in [0.15, 0.2) is 11.7 Å². The second-order valence-corrected chi connectivity index (χ2v) is 9.45. The Kier molecular flexibility index (Phi) is 11.8. The normalized spacial score (nSPS) is 12.8. The maximum Gasteiger partial charge on any atom is 0.407 e. The number of carbonyl (C=O) groups is 4. The van der Waals surface area contributed by atoms with Crippen LogP contribution in [0.1, 0.15) is 53.0 Å². The number of nitrogens with one attached hydrogen (secondary N) is 1. The van der Waals surface area contributed by atoms with Crippen LogP contribution in [0.4, 0.5) is 10.5 Å². The molecule has 0 bridgehead atoms. The molecule has 13 heteroatoms. The van der Waals surface area contributed by atoms with Crippen molar-refractivity contribution in [3.8, 4) is 5.75 Å². The van der Waals surface area contributed by atoms with E-state index in [1.165, 1.54) is 12.1 Å². The molecule has 0 aliphatic carbocycles. The first-order valence-electron chi connectivity index (χ1n) is 11.7. The van der Waals surface area contributed by atoms with E-state index in [2.05, 4.69) is 5.32 Å². The number of rotatable bonds is 14. The maximum atomic E-state index is 12.4. The van der Waals surface area contributed by atoms with Gasteiger partial charge in [-0.25, -0.2) is 9.59 Å². The number of aliphatic carboxylic acids is 2. The van der Waals surface area contributed by atoms with E-state index in [9.17, 15) is 39.5 Å². The summed E-state index contributed by atoms with van der Waals surface area (Å²) in [6, 6.07) is 2.46. The van der Waals surface area contributed by atoms with Gasteiger partial charge in [0.1, 0.15) is 12.1 Å². The third-order valence-corrected chi connectivity index (χ3v) is 4.91. The van der Waals surface area contributed by atoms with Crippen molar-refractivity contribution in [1.82, 2.24) is 5.32 Å². The summed E-state index contributed by atoms with van der Waals surface area (Å²) in [6.07, 6.45) is -2.02. The number of ether oxygens (including phenoxy) is 3. The third kappa shape index (κ3) is 10.3. The van der Waals surface area contributed by atoms with E-state index in [0.29, 0.717) is 6.42 Å². The fourth-order valence-electron chi connectivity index (χ4n) is 3.23. The first-order chi connectivity index (χ1) is 17.2. The van der Waals surface area contributed by atoms with Gasteiger partial charge in [0.25, 0.3) is 0 Å². The zero-order valence-corrected chi connectivity index (χ0v) is 21.5. The number of nitro groups is 1. The second-order valence-electron chi connectivity index (χ2n) is 9.45. The van der Waals surface area contributed by atoms with Crippen molar-refractivity contribution in [2.45, 2.75) is 66.0 Å². The minimum absolute atomic E-state index is 0.0215. The molecule has 37 heavy (non-hydrogen) atoms. The summed E-state index contributed by atoms with van der Waals surface area (Å²) < 4.78 is 15.6. The molecule has 0 saturated carbocycles. The molecule has 3 N–H and O–H groups in total. The average molecular weight is 527 g/mol. The minimum Gasteiger partial charge on any atom is -0.482 e. The Morgan fingerprint density at radius 2 is 1.70 bits per heavy atom. The summed E-state index contributed by atoms with van der Waals surface area (Å²) in [5.41, 5.74) is -0.623. The van der Waals surface area contributed by atoms with Crippen molar-refractivity contribution in [1.29, 1.82) is 0 Å². The van der Waals surface area contributed by atoms with E-state index in [1.807, 2.05) is 20.8 Å². The van der Waals surface area contributed by atoms with Crippen LogP contribution in [0.5, 0.6) is 5.75 Å². The molecule has 1 aromatic carbocycles. The Hall–Kier alpha value is -3.90. The number of hydrogen-bond acceptors (Lipinski definition) is 9. The molecule has 0 spiro atoms. The smallest absolute Gasteiger partial charge is 0.407 e. The zero-order chi connectivity index (χ0) is 28.3. The van der Waals surface area contributed by atoms with E-state index in [-0.39, 0.29) is 42.8 Å². The number of hydrogen-bond donors (Lipinski definition) is 3. The zero-order valence-electron chi connectivity index (χ0n) is 21.5. The van der Waals surface area contributed by atoms with Crippen LogP contribution in [0.3, 0.4) is 0 Å². The molecule has 0 aliphatic heterocycles. The van der Waals surface area contributed by atoms with E-state index in [4.69, 9.17) is 14.2 Å². The predicted octanol–water partition coefficient (Wildman–Crippen LogP) is 3.17. The fraction of sp³-hybridized carbons (Fsp3) is 0.583. The molecule has 13 nitrogen and oxygen atoms in total. The quantitative estimate of drug-likeness (QED) is 0.140. The molecule has 206 valence electrons. The van der Waals surface area contributed by atoms with Gasteiger partial charge in [-0.2, -0.15) is 0 Å². The van der Waals surface area contributed by atoms with Gasteiger partial charge in [-0.3, -0.25) is 19.7 Å². The Labute approximate surface area is 214 Å². The Balaban J connectivity index is 3.24. The maximum absolute atomic E-state index is 12.4. The molecule has 1 aromatic rings. The summed E-state index contributed by atoms with van der Waals surface area (Å²) in [6.45, 7) is 8.94. The number of alkyl carbamates (subject to hydrolysis) is 1. The number of carbonyl (C=O) groups excluding carboxylic acids is 2. The highest BCUT2D eigenvalue weighted by Crippen LogP contribution is 2.31. The monoisotopic (exact) mass is 526 g/mol. The van der Waals surface area contributed by atoms with Gasteiger partial charge in [-0.05, 0) is 30.4 Å².